The minimum absolute atomic E-state index is 0.174. The van der Waals surface area contributed by atoms with E-state index >= 15 is 0 Å². The molecule has 1 aromatic carbocycles. The van der Waals surface area contributed by atoms with Gasteiger partial charge in [0.15, 0.2) is 5.78 Å². The van der Waals surface area contributed by atoms with Gasteiger partial charge in [-0.15, -0.1) is 0 Å². The number of rotatable bonds is 2. The van der Waals surface area contributed by atoms with Crippen LogP contribution in [0.15, 0.2) is 18.2 Å². The largest absolute Gasteiger partial charge is 0.481 e. The summed E-state index contributed by atoms with van der Waals surface area (Å²) in [5, 5.41) is 8.98. The summed E-state index contributed by atoms with van der Waals surface area (Å²) in [6, 6.07) is 5.41. The van der Waals surface area contributed by atoms with E-state index in [0.29, 0.717) is 12.3 Å². The summed E-state index contributed by atoms with van der Waals surface area (Å²) < 4.78 is 0. The second-order valence-corrected chi connectivity index (χ2v) is 4.91. The molecule has 0 aliphatic heterocycles. The van der Waals surface area contributed by atoms with Crippen molar-refractivity contribution < 1.29 is 14.7 Å². The lowest BCUT2D eigenvalue weighted by atomic mass is 9.82. The molecule has 0 radical (unpaired) electrons. The Morgan fingerprint density at radius 1 is 1.41 bits per heavy atom. The second-order valence-electron chi connectivity index (χ2n) is 4.91. The van der Waals surface area contributed by atoms with Crippen LogP contribution < -0.4 is 0 Å². The first-order valence-electron chi connectivity index (χ1n) is 5.88. The van der Waals surface area contributed by atoms with Crippen molar-refractivity contribution in [3.8, 4) is 0 Å². The van der Waals surface area contributed by atoms with E-state index in [9.17, 15) is 9.59 Å². The van der Waals surface area contributed by atoms with E-state index in [1.165, 1.54) is 0 Å². The number of carbonyl (C=O) groups excluding carboxylic acids is 1. The van der Waals surface area contributed by atoms with Gasteiger partial charge in [-0.2, -0.15) is 0 Å². The fourth-order valence-corrected chi connectivity index (χ4v) is 2.34. The fraction of sp³-hybridized carbons (Fsp3) is 0.429. The normalized spacial score (nSPS) is 20.8. The lowest BCUT2D eigenvalue weighted by Crippen LogP contribution is -2.18. The lowest BCUT2D eigenvalue weighted by Gasteiger charge is -2.21. The molecule has 17 heavy (non-hydrogen) atoms. The SMILES string of the molecule is CC1CC(=O)c2ccc(C(C)C(=O)O)cc2C1. The van der Waals surface area contributed by atoms with Crippen molar-refractivity contribution >= 4 is 11.8 Å². The lowest BCUT2D eigenvalue weighted by molar-refractivity contribution is -0.138. The van der Waals surface area contributed by atoms with Gasteiger partial charge in [0.2, 0.25) is 0 Å². The van der Waals surface area contributed by atoms with Crippen LogP contribution in [-0.4, -0.2) is 16.9 Å². The summed E-state index contributed by atoms with van der Waals surface area (Å²) in [5.41, 5.74) is 2.54. The van der Waals surface area contributed by atoms with Crippen molar-refractivity contribution in [2.75, 3.05) is 0 Å². The predicted molar refractivity (Wildman–Crippen MR) is 64.3 cm³/mol. The van der Waals surface area contributed by atoms with Crippen LogP contribution in [0, 0.1) is 5.92 Å². The van der Waals surface area contributed by atoms with Crippen LogP contribution in [0.3, 0.4) is 0 Å². The molecule has 0 bridgehead atoms. The van der Waals surface area contributed by atoms with E-state index in [0.717, 1.165) is 23.1 Å². The van der Waals surface area contributed by atoms with E-state index in [4.69, 9.17) is 5.11 Å². The molecule has 0 spiro atoms. The van der Waals surface area contributed by atoms with Crippen molar-refractivity contribution in [2.24, 2.45) is 5.92 Å². The van der Waals surface area contributed by atoms with Crippen molar-refractivity contribution in [1.29, 1.82) is 0 Å². The Labute approximate surface area is 100 Å². The predicted octanol–water partition coefficient (Wildman–Crippen LogP) is 2.64. The third-order valence-corrected chi connectivity index (χ3v) is 3.40. The van der Waals surface area contributed by atoms with E-state index in [-0.39, 0.29) is 5.78 Å². The van der Waals surface area contributed by atoms with Crippen molar-refractivity contribution in [2.45, 2.75) is 32.6 Å². The molecular formula is C14H16O3. The first-order valence-corrected chi connectivity index (χ1v) is 5.88. The van der Waals surface area contributed by atoms with Gasteiger partial charge in [-0.25, -0.2) is 0 Å². The molecule has 3 heteroatoms. The van der Waals surface area contributed by atoms with E-state index in [1.54, 1.807) is 19.1 Å². The van der Waals surface area contributed by atoms with Crippen molar-refractivity contribution in [3.63, 3.8) is 0 Å². The Balaban J connectivity index is 2.40. The number of aliphatic carboxylic acids is 1. The topological polar surface area (TPSA) is 54.4 Å². The zero-order valence-corrected chi connectivity index (χ0v) is 10.1. The fourth-order valence-electron chi connectivity index (χ4n) is 2.34. The Kier molecular flexibility index (Phi) is 3.01. The van der Waals surface area contributed by atoms with Crippen LogP contribution >= 0.6 is 0 Å². The molecule has 90 valence electrons. The van der Waals surface area contributed by atoms with E-state index in [1.807, 2.05) is 13.0 Å². The van der Waals surface area contributed by atoms with E-state index in [2.05, 4.69) is 0 Å². The smallest absolute Gasteiger partial charge is 0.310 e. The van der Waals surface area contributed by atoms with Crippen molar-refractivity contribution in [1.82, 2.24) is 0 Å². The molecule has 1 aliphatic carbocycles. The molecule has 0 aromatic heterocycles. The summed E-state index contributed by atoms with van der Waals surface area (Å²) in [4.78, 5) is 22.7. The van der Waals surface area contributed by atoms with Crippen LogP contribution in [0.2, 0.25) is 0 Å². The number of carboxylic acids is 1. The molecule has 3 nitrogen and oxygen atoms in total. The highest BCUT2D eigenvalue weighted by Crippen LogP contribution is 2.28. The van der Waals surface area contributed by atoms with Gasteiger partial charge < -0.3 is 5.11 Å². The molecule has 0 saturated carbocycles. The number of benzene rings is 1. The van der Waals surface area contributed by atoms with Gasteiger partial charge in [0, 0.05) is 12.0 Å². The summed E-state index contributed by atoms with van der Waals surface area (Å²) >= 11 is 0. The first-order chi connectivity index (χ1) is 7.99. The standard InChI is InChI=1S/C14H16O3/c1-8-5-11-7-10(9(2)14(16)17)3-4-12(11)13(15)6-8/h3-4,7-9H,5-6H2,1-2H3,(H,16,17). The number of hydrogen-bond donors (Lipinski definition) is 1. The maximum Gasteiger partial charge on any atom is 0.310 e. The highest BCUT2D eigenvalue weighted by molar-refractivity contribution is 5.98. The molecule has 0 fully saturated rings. The van der Waals surface area contributed by atoms with Gasteiger partial charge in [-0.05, 0) is 30.4 Å². The maximum atomic E-state index is 11.8. The number of Topliss-reactive ketones (excluding diaryl/α,β-unsaturated/α-hetero) is 1. The monoisotopic (exact) mass is 232 g/mol. The van der Waals surface area contributed by atoms with Crippen molar-refractivity contribution in [3.05, 3.63) is 34.9 Å². The van der Waals surface area contributed by atoms with Crippen LogP contribution in [0.25, 0.3) is 0 Å². The quantitative estimate of drug-likeness (QED) is 0.852. The average Bonchev–Trinajstić information content (AvgIpc) is 2.26. The summed E-state index contributed by atoms with van der Waals surface area (Å²) in [5.74, 6) is -0.827. The molecule has 0 heterocycles. The molecule has 0 saturated heterocycles. The highest BCUT2D eigenvalue weighted by Gasteiger charge is 2.23. The number of hydrogen-bond acceptors (Lipinski definition) is 2. The minimum Gasteiger partial charge on any atom is -0.481 e. The van der Waals surface area contributed by atoms with Crippen LogP contribution in [-0.2, 0) is 11.2 Å². The Hall–Kier alpha value is -1.64. The molecule has 2 atom stereocenters. The maximum absolute atomic E-state index is 11.8. The second kappa shape index (κ2) is 4.32. The summed E-state index contributed by atoms with van der Waals surface area (Å²) in [7, 11) is 0. The molecule has 1 aromatic rings. The van der Waals surface area contributed by atoms with Gasteiger partial charge in [0.05, 0.1) is 5.92 Å². The molecule has 2 unspecified atom stereocenters. The summed E-state index contributed by atoms with van der Waals surface area (Å²) in [6.07, 6.45) is 1.46. The molecular weight excluding hydrogens is 216 g/mol. The van der Waals surface area contributed by atoms with Crippen LogP contribution in [0.4, 0.5) is 0 Å². The minimum atomic E-state index is -0.833. The van der Waals surface area contributed by atoms with Gasteiger partial charge >= 0.3 is 5.97 Å². The van der Waals surface area contributed by atoms with Gasteiger partial charge in [0.1, 0.15) is 0 Å². The number of carbonyl (C=O) groups is 2. The van der Waals surface area contributed by atoms with Gasteiger partial charge in [-0.3, -0.25) is 9.59 Å². The van der Waals surface area contributed by atoms with E-state index < -0.39 is 11.9 Å². The number of fused-ring (bicyclic) bond motifs is 1. The third kappa shape index (κ3) is 2.23. The van der Waals surface area contributed by atoms with Gasteiger partial charge in [-0.1, -0.05) is 25.1 Å². The van der Waals surface area contributed by atoms with Crippen LogP contribution in [0.1, 0.15) is 47.7 Å². The molecule has 2 rings (SSSR count). The average molecular weight is 232 g/mol. The highest BCUT2D eigenvalue weighted by atomic mass is 16.4. The zero-order chi connectivity index (χ0) is 12.6. The zero-order valence-electron chi connectivity index (χ0n) is 10.1. The third-order valence-electron chi connectivity index (χ3n) is 3.40. The molecule has 1 N–H and O–H groups in total. The summed E-state index contributed by atoms with van der Waals surface area (Å²) in [6.45, 7) is 3.71. The molecule has 0 amide bonds. The van der Waals surface area contributed by atoms with Crippen LogP contribution in [0.5, 0.6) is 0 Å². The Morgan fingerprint density at radius 2 is 2.12 bits per heavy atom. The number of ketones is 1. The van der Waals surface area contributed by atoms with Gasteiger partial charge in [0.25, 0.3) is 0 Å². The first kappa shape index (κ1) is 11.8. The molecule has 1 aliphatic rings. The Morgan fingerprint density at radius 3 is 2.76 bits per heavy atom. The number of carboxylic acid groups (broad SMARTS) is 1. The Bertz CT molecular complexity index is 476.